The van der Waals surface area contributed by atoms with E-state index < -0.39 is 0 Å². The highest BCUT2D eigenvalue weighted by atomic mass is 79.9. The highest BCUT2D eigenvalue weighted by Crippen LogP contribution is 2.28. The molecule has 2 aromatic rings. The first-order valence-electron chi connectivity index (χ1n) is 4.91. The molecule has 0 aliphatic heterocycles. The molecule has 0 amide bonds. The van der Waals surface area contributed by atoms with Gasteiger partial charge in [0.15, 0.2) is 0 Å². The van der Waals surface area contributed by atoms with E-state index in [0.717, 1.165) is 15.8 Å². The molecular formula is C13H8BrClN2. The maximum absolute atomic E-state index is 8.70. The summed E-state index contributed by atoms with van der Waals surface area (Å²) in [4.78, 5) is 0. The van der Waals surface area contributed by atoms with Gasteiger partial charge in [-0.05, 0) is 58.4 Å². The van der Waals surface area contributed by atoms with E-state index in [9.17, 15) is 0 Å². The van der Waals surface area contributed by atoms with Crippen molar-refractivity contribution in [1.29, 1.82) is 5.26 Å². The molecule has 0 bridgehead atoms. The number of hydrogen-bond donors (Lipinski definition) is 1. The van der Waals surface area contributed by atoms with Gasteiger partial charge in [-0.2, -0.15) is 5.26 Å². The van der Waals surface area contributed by atoms with Crippen LogP contribution in [0, 0.1) is 11.3 Å². The minimum atomic E-state index is 0.640. The Balaban J connectivity index is 2.25. The van der Waals surface area contributed by atoms with E-state index in [4.69, 9.17) is 16.9 Å². The number of halogens is 2. The van der Waals surface area contributed by atoms with Gasteiger partial charge in [-0.3, -0.25) is 0 Å². The molecule has 2 nitrogen and oxygen atoms in total. The molecular weight excluding hydrogens is 300 g/mol. The van der Waals surface area contributed by atoms with Crippen LogP contribution in [0.2, 0.25) is 5.02 Å². The van der Waals surface area contributed by atoms with Crippen molar-refractivity contribution >= 4 is 38.9 Å². The Morgan fingerprint density at radius 2 is 1.82 bits per heavy atom. The molecule has 0 spiro atoms. The summed E-state index contributed by atoms with van der Waals surface area (Å²) in [5.41, 5.74) is 2.44. The zero-order chi connectivity index (χ0) is 12.3. The molecule has 0 fully saturated rings. The SMILES string of the molecule is N#Cc1ccc(Nc2cc(Cl)ccc2Br)cc1. The minimum absolute atomic E-state index is 0.640. The second-order valence-corrected chi connectivity index (χ2v) is 4.73. The van der Waals surface area contributed by atoms with Crippen molar-refractivity contribution < 1.29 is 0 Å². The van der Waals surface area contributed by atoms with Crippen molar-refractivity contribution in [1.82, 2.24) is 0 Å². The Hall–Kier alpha value is -1.50. The number of benzene rings is 2. The van der Waals surface area contributed by atoms with E-state index in [1.54, 1.807) is 12.1 Å². The molecule has 4 heteroatoms. The third-order valence-electron chi connectivity index (χ3n) is 2.22. The third-order valence-corrected chi connectivity index (χ3v) is 3.15. The van der Waals surface area contributed by atoms with E-state index in [-0.39, 0.29) is 0 Å². The van der Waals surface area contributed by atoms with Crippen molar-refractivity contribution in [2.45, 2.75) is 0 Å². The van der Waals surface area contributed by atoms with Crippen LogP contribution >= 0.6 is 27.5 Å². The fourth-order valence-electron chi connectivity index (χ4n) is 1.38. The molecule has 2 rings (SSSR count). The van der Waals surface area contributed by atoms with Crippen molar-refractivity contribution in [3.05, 3.63) is 57.5 Å². The minimum Gasteiger partial charge on any atom is -0.355 e. The summed E-state index contributed by atoms with van der Waals surface area (Å²) in [6.45, 7) is 0. The average molecular weight is 308 g/mol. The van der Waals surface area contributed by atoms with Gasteiger partial charge in [0.1, 0.15) is 0 Å². The molecule has 0 radical (unpaired) electrons. The summed E-state index contributed by atoms with van der Waals surface area (Å²) < 4.78 is 0.936. The second kappa shape index (κ2) is 5.22. The zero-order valence-corrected chi connectivity index (χ0v) is 11.1. The van der Waals surface area contributed by atoms with Gasteiger partial charge in [0.2, 0.25) is 0 Å². The molecule has 0 saturated carbocycles. The molecule has 0 saturated heterocycles. The third kappa shape index (κ3) is 3.00. The zero-order valence-electron chi connectivity index (χ0n) is 8.74. The van der Waals surface area contributed by atoms with Crippen molar-refractivity contribution in [2.75, 3.05) is 5.32 Å². The number of rotatable bonds is 2. The molecule has 84 valence electrons. The maximum Gasteiger partial charge on any atom is 0.0991 e. The van der Waals surface area contributed by atoms with Crippen LogP contribution in [0.4, 0.5) is 11.4 Å². The quantitative estimate of drug-likeness (QED) is 0.871. The molecule has 17 heavy (non-hydrogen) atoms. The fraction of sp³-hybridized carbons (Fsp3) is 0. The summed E-state index contributed by atoms with van der Waals surface area (Å²) >= 11 is 9.37. The average Bonchev–Trinajstić information content (AvgIpc) is 2.35. The highest BCUT2D eigenvalue weighted by Gasteiger charge is 2.01. The number of hydrogen-bond acceptors (Lipinski definition) is 2. The van der Waals surface area contributed by atoms with Crippen molar-refractivity contribution in [3.63, 3.8) is 0 Å². The van der Waals surface area contributed by atoms with Crippen LogP contribution in [-0.2, 0) is 0 Å². The summed E-state index contributed by atoms with van der Waals surface area (Å²) in [6.07, 6.45) is 0. The van der Waals surface area contributed by atoms with E-state index in [1.165, 1.54) is 0 Å². The maximum atomic E-state index is 8.70. The predicted molar refractivity (Wildman–Crippen MR) is 73.6 cm³/mol. The summed E-state index contributed by atoms with van der Waals surface area (Å²) in [7, 11) is 0. The Kier molecular flexibility index (Phi) is 3.68. The lowest BCUT2D eigenvalue weighted by Crippen LogP contribution is -1.91. The van der Waals surface area contributed by atoms with Gasteiger partial charge in [-0.15, -0.1) is 0 Å². The topological polar surface area (TPSA) is 35.8 Å². The van der Waals surface area contributed by atoms with Crippen LogP contribution in [0.3, 0.4) is 0 Å². The standard InChI is InChI=1S/C13H8BrClN2/c14-12-6-3-10(15)7-13(12)17-11-4-1-9(8-16)2-5-11/h1-7,17H. The van der Waals surface area contributed by atoms with Gasteiger partial charge in [0.05, 0.1) is 17.3 Å². The Morgan fingerprint density at radius 1 is 1.12 bits per heavy atom. The molecule has 0 aromatic heterocycles. The molecule has 1 N–H and O–H groups in total. The number of nitrogens with zero attached hydrogens (tertiary/aromatic N) is 1. The monoisotopic (exact) mass is 306 g/mol. The van der Waals surface area contributed by atoms with Crippen LogP contribution in [0.5, 0.6) is 0 Å². The normalized spacial score (nSPS) is 9.71. The summed E-state index contributed by atoms with van der Waals surface area (Å²) in [5.74, 6) is 0. The Labute approximate surface area is 113 Å². The summed E-state index contributed by atoms with van der Waals surface area (Å²) in [5, 5.41) is 12.6. The lowest BCUT2D eigenvalue weighted by molar-refractivity contribution is 1.47. The Bertz CT molecular complexity index is 573. The highest BCUT2D eigenvalue weighted by molar-refractivity contribution is 9.10. The van der Waals surface area contributed by atoms with Gasteiger partial charge >= 0.3 is 0 Å². The number of nitriles is 1. The van der Waals surface area contributed by atoms with Gasteiger partial charge in [0.25, 0.3) is 0 Å². The van der Waals surface area contributed by atoms with Gasteiger partial charge in [-0.1, -0.05) is 11.6 Å². The fourth-order valence-corrected chi connectivity index (χ4v) is 1.89. The van der Waals surface area contributed by atoms with Gasteiger partial charge in [0, 0.05) is 15.2 Å². The molecule has 0 aliphatic carbocycles. The first kappa shape index (κ1) is 12.0. The summed E-state index contributed by atoms with van der Waals surface area (Å²) in [6, 6.07) is 14.9. The van der Waals surface area contributed by atoms with Crippen LogP contribution in [0.25, 0.3) is 0 Å². The van der Waals surface area contributed by atoms with E-state index in [1.807, 2.05) is 30.3 Å². The first-order valence-corrected chi connectivity index (χ1v) is 6.08. The molecule has 0 heterocycles. The lowest BCUT2D eigenvalue weighted by Gasteiger charge is -2.08. The lowest BCUT2D eigenvalue weighted by atomic mass is 10.2. The second-order valence-electron chi connectivity index (χ2n) is 3.44. The number of nitrogens with one attached hydrogen (secondary N) is 1. The molecule has 0 unspecified atom stereocenters. The smallest absolute Gasteiger partial charge is 0.0991 e. The van der Waals surface area contributed by atoms with Gasteiger partial charge < -0.3 is 5.32 Å². The molecule has 2 aromatic carbocycles. The van der Waals surface area contributed by atoms with E-state index in [0.29, 0.717) is 10.6 Å². The van der Waals surface area contributed by atoms with E-state index >= 15 is 0 Å². The largest absolute Gasteiger partial charge is 0.355 e. The van der Waals surface area contributed by atoms with Crippen LogP contribution < -0.4 is 5.32 Å². The van der Waals surface area contributed by atoms with Crippen LogP contribution in [-0.4, -0.2) is 0 Å². The molecule has 0 aliphatic rings. The van der Waals surface area contributed by atoms with Crippen LogP contribution in [0.15, 0.2) is 46.9 Å². The molecule has 0 atom stereocenters. The van der Waals surface area contributed by atoms with Crippen LogP contribution in [0.1, 0.15) is 5.56 Å². The van der Waals surface area contributed by atoms with Gasteiger partial charge in [-0.25, -0.2) is 0 Å². The Morgan fingerprint density at radius 3 is 2.47 bits per heavy atom. The number of anilines is 2. The van der Waals surface area contributed by atoms with E-state index in [2.05, 4.69) is 27.3 Å². The first-order chi connectivity index (χ1) is 8.19. The predicted octanol–water partition coefficient (Wildman–Crippen LogP) is 4.72. The van der Waals surface area contributed by atoms with Crippen molar-refractivity contribution in [2.24, 2.45) is 0 Å². The van der Waals surface area contributed by atoms with Crippen molar-refractivity contribution in [3.8, 4) is 6.07 Å².